The molecular weight excluding hydrogens is 403 g/mol. The lowest BCUT2D eigenvalue weighted by Crippen LogP contribution is -2.14. The van der Waals surface area contributed by atoms with Crippen LogP contribution in [0.15, 0.2) is 66.7 Å². The monoisotopic (exact) mass is 420 g/mol. The Morgan fingerprint density at radius 1 is 1.03 bits per heavy atom. The summed E-state index contributed by atoms with van der Waals surface area (Å²) >= 11 is 6.02. The summed E-state index contributed by atoms with van der Waals surface area (Å²) in [5.74, 6) is -0.488. The number of carbonyl (C=O) groups is 1. The standard InChI is InChI=1S/C23H18ClFN4O/c1-14-6-7-15(2)20(12-14)29-22(16-8-10-17(24)11-9-16)27-21(28-29)23(30)26-19-5-3-4-18(25)13-19/h3-13H,1-2H3,(H,26,30). The van der Waals surface area contributed by atoms with Crippen LogP contribution in [0.3, 0.4) is 0 Å². The molecule has 0 saturated carbocycles. The first-order valence-electron chi connectivity index (χ1n) is 9.28. The summed E-state index contributed by atoms with van der Waals surface area (Å²) in [6, 6.07) is 18.8. The minimum Gasteiger partial charge on any atom is -0.319 e. The normalized spacial score (nSPS) is 10.8. The predicted octanol–water partition coefficient (Wildman–Crippen LogP) is 5.60. The molecule has 0 saturated heterocycles. The molecule has 30 heavy (non-hydrogen) atoms. The van der Waals surface area contributed by atoms with Crippen LogP contribution in [0.1, 0.15) is 21.7 Å². The minimum absolute atomic E-state index is 0.0230. The van der Waals surface area contributed by atoms with Crippen molar-refractivity contribution in [2.45, 2.75) is 13.8 Å². The lowest BCUT2D eigenvalue weighted by Gasteiger charge is -2.10. The van der Waals surface area contributed by atoms with Crippen LogP contribution < -0.4 is 5.32 Å². The Morgan fingerprint density at radius 3 is 2.53 bits per heavy atom. The van der Waals surface area contributed by atoms with E-state index >= 15 is 0 Å². The summed E-state index contributed by atoms with van der Waals surface area (Å²) in [6.07, 6.45) is 0. The molecule has 4 rings (SSSR count). The Bertz CT molecular complexity index is 1230. The van der Waals surface area contributed by atoms with Gasteiger partial charge in [-0.1, -0.05) is 29.8 Å². The van der Waals surface area contributed by atoms with Crippen LogP contribution in [0.25, 0.3) is 17.1 Å². The molecule has 7 heteroatoms. The molecule has 150 valence electrons. The van der Waals surface area contributed by atoms with Gasteiger partial charge in [0.15, 0.2) is 5.82 Å². The van der Waals surface area contributed by atoms with Crippen LogP contribution in [0.2, 0.25) is 5.02 Å². The van der Waals surface area contributed by atoms with Gasteiger partial charge in [0.05, 0.1) is 5.69 Å². The number of aromatic nitrogens is 3. The fourth-order valence-electron chi connectivity index (χ4n) is 3.06. The highest BCUT2D eigenvalue weighted by molar-refractivity contribution is 6.30. The molecule has 0 aliphatic rings. The summed E-state index contributed by atoms with van der Waals surface area (Å²) in [5, 5.41) is 7.70. The molecule has 0 spiro atoms. The number of amides is 1. The van der Waals surface area contributed by atoms with E-state index in [-0.39, 0.29) is 5.82 Å². The number of anilines is 1. The van der Waals surface area contributed by atoms with Crippen LogP contribution >= 0.6 is 11.6 Å². The van der Waals surface area contributed by atoms with Crippen molar-refractivity contribution in [3.05, 3.63) is 94.5 Å². The molecule has 1 N–H and O–H groups in total. The molecule has 5 nitrogen and oxygen atoms in total. The fourth-order valence-corrected chi connectivity index (χ4v) is 3.19. The van der Waals surface area contributed by atoms with E-state index in [9.17, 15) is 9.18 Å². The molecule has 0 aliphatic heterocycles. The first kappa shape index (κ1) is 19.8. The van der Waals surface area contributed by atoms with E-state index in [1.807, 2.05) is 44.2 Å². The maximum atomic E-state index is 13.4. The zero-order chi connectivity index (χ0) is 21.3. The first-order chi connectivity index (χ1) is 14.4. The number of aryl methyl sites for hydroxylation is 2. The van der Waals surface area contributed by atoms with Gasteiger partial charge < -0.3 is 5.32 Å². The average molecular weight is 421 g/mol. The molecule has 4 aromatic rings. The van der Waals surface area contributed by atoms with Gasteiger partial charge in [0.2, 0.25) is 5.82 Å². The molecule has 0 unspecified atom stereocenters. The third-order valence-corrected chi connectivity index (χ3v) is 4.84. The van der Waals surface area contributed by atoms with Gasteiger partial charge in [-0.05, 0) is 73.5 Å². The topological polar surface area (TPSA) is 59.8 Å². The smallest absolute Gasteiger partial charge is 0.295 e. The number of halogens is 2. The second kappa shape index (κ2) is 8.08. The van der Waals surface area contributed by atoms with Gasteiger partial charge >= 0.3 is 0 Å². The van der Waals surface area contributed by atoms with E-state index in [1.165, 1.54) is 18.2 Å². The van der Waals surface area contributed by atoms with E-state index in [1.54, 1.807) is 22.9 Å². The van der Waals surface area contributed by atoms with E-state index in [2.05, 4.69) is 15.4 Å². The van der Waals surface area contributed by atoms with E-state index in [0.29, 0.717) is 16.5 Å². The highest BCUT2D eigenvalue weighted by atomic mass is 35.5. The number of carbonyl (C=O) groups excluding carboxylic acids is 1. The molecule has 0 radical (unpaired) electrons. The van der Waals surface area contributed by atoms with Crippen LogP contribution in [0.4, 0.5) is 10.1 Å². The summed E-state index contributed by atoms with van der Waals surface area (Å²) in [4.78, 5) is 17.2. The van der Waals surface area contributed by atoms with Gasteiger partial charge in [-0.15, -0.1) is 5.10 Å². The second-order valence-electron chi connectivity index (χ2n) is 6.93. The molecule has 1 heterocycles. The SMILES string of the molecule is Cc1ccc(C)c(-n2nc(C(=O)Nc3cccc(F)c3)nc2-c2ccc(Cl)cc2)c1. The van der Waals surface area contributed by atoms with Crippen molar-refractivity contribution in [2.75, 3.05) is 5.32 Å². The highest BCUT2D eigenvalue weighted by Crippen LogP contribution is 2.25. The van der Waals surface area contributed by atoms with E-state index in [0.717, 1.165) is 22.4 Å². The number of hydrogen-bond acceptors (Lipinski definition) is 3. The van der Waals surface area contributed by atoms with Gasteiger partial charge in [0.25, 0.3) is 5.91 Å². The molecule has 1 amide bonds. The van der Waals surface area contributed by atoms with Crippen LogP contribution in [-0.2, 0) is 0 Å². The van der Waals surface area contributed by atoms with Crippen molar-refractivity contribution < 1.29 is 9.18 Å². The zero-order valence-electron chi connectivity index (χ0n) is 16.4. The van der Waals surface area contributed by atoms with Gasteiger partial charge in [-0.25, -0.2) is 14.1 Å². The lowest BCUT2D eigenvalue weighted by atomic mass is 10.1. The number of nitrogens with one attached hydrogen (secondary N) is 1. The Kier molecular flexibility index (Phi) is 5.33. The quantitative estimate of drug-likeness (QED) is 0.467. The second-order valence-corrected chi connectivity index (χ2v) is 7.37. The van der Waals surface area contributed by atoms with Crippen molar-refractivity contribution in [1.82, 2.24) is 14.8 Å². The largest absolute Gasteiger partial charge is 0.319 e. The van der Waals surface area contributed by atoms with E-state index in [4.69, 9.17) is 11.6 Å². The van der Waals surface area contributed by atoms with Crippen molar-refractivity contribution in [2.24, 2.45) is 0 Å². The molecular formula is C23H18ClFN4O. The van der Waals surface area contributed by atoms with Crippen molar-refractivity contribution >= 4 is 23.2 Å². The fraction of sp³-hybridized carbons (Fsp3) is 0.0870. The lowest BCUT2D eigenvalue weighted by molar-refractivity contribution is 0.101. The third kappa shape index (κ3) is 4.09. The van der Waals surface area contributed by atoms with Crippen molar-refractivity contribution in [1.29, 1.82) is 0 Å². The maximum Gasteiger partial charge on any atom is 0.295 e. The Balaban J connectivity index is 1.80. The summed E-state index contributed by atoms with van der Waals surface area (Å²) in [6.45, 7) is 3.95. The summed E-state index contributed by atoms with van der Waals surface area (Å²) in [5.41, 5.74) is 3.95. The van der Waals surface area contributed by atoms with Gasteiger partial charge in [0, 0.05) is 16.3 Å². The molecule has 0 atom stereocenters. The predicted molar refractivity (Wildman–Crippen MR) is 116 cm³/mol. The van der Waals surface area contributed by atoms with Crippen molar-refractivity contribution in [3.8, 4) is 17.1 Å². The molecule has 0 fully saturated rings. The first-order valence-corrected chi connectivity index (χ1v) is 9.66. The number of rotatable bonds is 4. The Labute approximate surface area is 178 Å². The maximum absolute atomic E-state index is 13.4. The highest BCUT2D eigenvalue weighted by Gasteiger charge is 2.20. The molecule has 0 bridgehead atoms. The number of nitrogens with zero attached hydrogens (tertiary/aromatic N) is 3. The minimum atomic E-state index is -0.528. The van der Waals surface area contributed by atoms with Crippen LogP contribution in [0, 0.1) is 19.7 Å². The summed E-state index contributed by atoms with van der Waals surface area (Å²) in [7, 11) is 0. The third-order valence-electron chi connectivity index (χ3n) is 4.59. The Hall–Kier alpha value is -3.51. The van der Waals surface area contributed by atoms with Crippen LogP contribution in [0.5, 0.6) is 0 Å². The zero-order valence-corrected chi connectivity index (χ0v) is 17.1. The van der Waals surface area contributed by atoms with Gasteiger partial charge in [-0.3, -0.25) is 4.79 Å². The van der Waals surface area contributed by atoms with E-state index < -0.39 is 11.7 Å². The van der Waals surface area contributed by atoms with Crippen molar-refractivity contribution in [3.63, 3.8) is 0 Å². The summed E-state index contributed by atoms with van der Waals surface area (Å²) < 4.78 is 15.1. The van der Waals surface area contributed by atoms with Gasteiger partial charge in [-0.2, -0.15) is 0 Å². The molecule has 1 aromatic heterocycles. The number of hydrogen-bond donors (Lipinski definition) is 1. The Morgan fingerprint density at radius 2 is 1.80 bits per heavy atom. The van der Waals surface area contributed by atoms with Gasteiger partial charge in [0.1, 0.15) is 5.82 Å². The van der Waals surface area contributed by atoms with Crippen LogP contribution in [-0.4, -0.2) is 20.7 Å². The molecule has 0 aliphatic carbocycles. The average Bonchev–Trinajstić information content (AvgIpc) is 3.16. The molecule has 3 aromatic carbocycles. The number of benzene rings is 3.